The van der Waals surface area contributed by atoms with Crippen LogP contribution in [0.5, 0.6) is 0 Å². The topological polar surface area (TPSA) is 73.7 Å². The Morgan fingerprint density at radius 1 is 1.21 bits per heavy atom. The van der Waals surface area contributed by atoms with Gasteiger partial charge in [-0.25, -0.2) is 9.50 Å². The van der Waals surface area contributed by atoms with Gasteiger partial charge in [-0.2, -0.15) is 0 Å². The van der Waals surface area contributed by atoms with Crippen LogP contribution in [0.4, 0.5) is 0 Å². The number of nitrogens with zero attached hydrogens (tertiary/aromatic N) is 4. The van der Waals surface area contributed by atoms with E-state index in [0.29, 0.717) is 24.0 Å². The molecule has 4 rings (SSSR count). The van der Waals surface area contributed by atoms with Gasteiger partial charge in [-0.3, -0.25) is 14.7 Å². The first-order valence-electron chi connectivity index (χ1n) is 11.1. The lowest BCUT2D eigenvalue weighted by atomic mass is 9.92. The summed E-state index contributed by atoms with van der Waals surface area (Å²) in [4.78, 5) is 34.5. The third-order valence-electron chi connectivity index (χ3n) is 6.56. The molecule has 2 aliphatic heterocycles. The lowest BCUT2D eigenvalue weighted by molar-refractivity contribution is -0.132. The number of amides is 1. The fourth-order valence-corrected chi connectivity index (χ4v) is 4.87. The van der Waals surface area contributed by atoms with E-state index in [1.165, 1.54) is 4.52 Å². The smallest absolute Gasteiger partial charge is 0.272 e. The number of hydrogen-bond donors (Lipinski definition) is 1. The summed E-state index contributed by atoms with van der Waals surface area (Å²) in [7, 11) is 0. The molecule has 0 aliphatic carbocycles. The van der Waals surface area contributed by atoms with Crippen molar-refractivity contribution in [1.29, 1.82) is 0 Å². The van der Waals surface area contributed by atoms with E-state index in [9.17, 15) is 9.59 Å². The number of likely N-dealkylation sites (tertiary alicyclic amines) is 2. The Hall–Kier alpha value is -2.15. The van der Waals surface area contributed by atoms with Crippen molar-refractivity contribution in [1.82, 2.24) is 24.4 Å². The van der Waals surface area contributed by atoms with Gasteiger partial charge in [0, 0.05) is 37.1 Å². The fraction of sp³-hybridized carbons (Fsp3) is 0.682. The maximum atomic E-state index is 12.8. The highest BCUT2D eigenvalue weighted by molar-refractivity contribution is 5.77. The molecule has 4 heterocycles. The zero-order valence-electron chi connectivity index (χ0n) is 17.9. The average molecular weight is 400 g/mol. The van der Waals surface area contributed by atoms with E-state index in [0.717, 1.165) is 63.1 Å². The van der Waals surface area contributed by atoms with Crippen molar-refractivity contribution in [3.63, 3.8) is 0 Å². The number of rotatable bonds is 5. The van der Waals surface area contributed by atoms with Crippen molar-refractivity contribution in [3.05, 3.63) is 33.9 Å². The third-order valence-corrected chi connectivity index (χ3v) is 6.56. The van der Waals surface area contributed by atoms with Gasteiger partial charge >= 0.3 is 0 Å². The maximum Gasteiger partial charge on any atom is 0.272 e. The number of aromatic nitrogens is 3. The minimum absolute atomic E-state index is 0.0212. The van der Waals surface area contributed by atoms with Crippen LogP contribution in [0.15, 0.2) is 16.9 Å². The van der Waals surface area contributed by atoms with E-state index in [2.05, 4.69) is 23.8 Å². The fourth-order valence-electron chi connectivity index (χ4n) is 4.87. The summed E-state index contributed by atoms with van der Waals surface area (Å²) >= 11 is 0. The van der Waals surface area contributed by atoms with Crippen molar-refractivity contribution in [2.24, 2.45) is 0 Å². The van der Waals surface area contributed by atoms with Gasteiger partial charge < -0.3 is 9.80 Å². The van der Waals surface area contributed by atoms with Crippen LogP contribution in [0.1, 0.15) is 82.6 Å². The molecule has 1 N–H and O–H groups in total. The standard InChI is InChI=1S/C22H33N5O2/c1-4-6-21(28)26-10-5-7-19(26)18-13-20-23-17(14-22(29)27(20)24-18)16-8-11-25(12-9-16)15(2)3/h13-16,19,24H,4-12H2,1-3H3/t19-/m1/s1. The predicted molar refractivity (Wildman–Crippen MR) is 113 cm³/mol. The number of carbonyl (C=O) groups is 1. The molecule has 2 aromatic rings. The molecule has 2 aromatic heterocycles. The molecule has 1 atom stereocenters. The van der Waals surface area contributed by atoms with Crippen molar-refractivity contribution in [2.75, 3.05) is 19.6 Å². The van der Waals surface area contributed by atoms with Crippen molar-refractivity contribution >= 4 is 11.6 Å². The Morgan fingerprint density at radius 3 is 2.66 bits per heavy atom. The third kappa shape index (κ3) is 3.97. The molecule has 2 fully saturated rings. The van der Waals surface area contributed by atoms with Gasteiger partial charge in [-0.1, -0.05) is 6.92 Å². The number of nitrogens with one attached hydrogen (secondary N) is 1. The second-order valence-electron chi connectivity index (χ2n) is 8.82. The molecule has 7 nitrogen and oxygen atoms in total. The second-order valence-corrected chi connectivity index (χ2v) is 8.82. The molecule has 29 heavy (non-hydrogen) atoms. The second kappa shape index (κ2) is 8.30. The monoisotopic (exact) mass is 399 g/mol. The Balaban J connectivity index is 1.58. The number of piperidine rings is 1. The highest BCUT2D eigenvalue weighted by atomic mass is 16.2. The minimum atomic E-state index is -0.0630. The first kappa shape index (κ1) is 20.1. The molecule has 158 valence electrons. The number of H-pyrrole nitrogens is 1. The number of fused-ring (bicyclic) bond motifs is 1. The molecule has 0 saturated carbocycles. The lowest BCUT2D eigenvalue weighted by Crippen LogP contribution is -2.38. The molecule has 1 amide bonds. The summed E-state index contributed by atoms with van der Waals surface area (Å²) in [6.45, 7) is 9.39. The Labute approximate surface area is 172 Å². The van der Waals surface area contributed by atoms with E-state index in [4.69, 9.17) is 4.98 Å². The molecule has 0 bridgehead atoms. The number of hydrogen-bond acceptors (Lipinski definition) is 4. The van der Waals surface area contributed by atoms with Crippen LogP contribution < -0.4 is 5.56 Å². The summed E-state index contributed by atoms with van der Waals surface area (Å²) in [6, 6.07) is 4.25. The molecule has 0 unspecified atom stereocenters. The number of aromatic amines is 1. The van der Waals surface area contributed by atoms with E-state index < -0.39 is 0 Å². The Kier molecular flexibility index (Phi) is 5.76. The predicted octanol–water partition coefficient (Wildman–Crippen LogP) is 3.07. The molecule has 2 aliphatic rings. The van der Waals surface area contributed by atoms with Gasteiger partial charge in [-0.15, -0.1) is 0 Å². The Morgan fingerprint density at radius 2 is 1.97 bits per heavy atom. The van der Waals surface area contributed by atoms with Gasteiger partial charge in [-0.05, 0) is 59.0 Å². The van der Waals surface area contributed by atoms with E-state index in [1.54, 1.807) is 6.07 Å². The zero-order valence-corrected chi connectivity index (χ0v) is 17.9. The molecule has 2 saturated heterocycles. The summed E-state index contributed by atoms with van der Waals surface area (Å²) in [5, 5.41) is 3.22. The molecule has 0 aromatic carbocycles. The van der Waals surface area contributed by atoms with Gasteiger partial charge in [0.05, 0.1) is 17.4 Å². The minimum Gasteiger partial charge on any atom is -0.334 e. The van der Waals surface area contributed by atoms with Gasteiger partial charge in [0.2, 0.25) is 5.91 Å². The van der Waals surface area contributed by atoms with Gasteiger partial charge in [0.15, 0.2) is 5.65 Å². The quantitative estimate of drug-likeness (QED) is 0.839. The van der Waals surface area contributed by atoms with Crippen LogP contribution >= 0.6 is 0 Å². The maximum absolute atomic E-state index is 12.8. The van der Waals surface area contributed by atoms with Crippen LogP contribution in [-0.4, -0.2) is 56.0 Å². The summed E-state index contributed by atoms with van der Waals surface area (Å²) < 4.78 is 1.53. The van der Waals surface area contributed by atoms with Crippen molar-refractivity contribution in [2.45, 2.75) is 77.3 Å². The van der Waals surface area contributed by atoms with Crippen molar-refractivity contribution in [3.8, 4) is 0 Å². The largest absolute Gasteiger partial charge is 0.334 e. The molecular weight excluding hydrogens is 366 g/mol. The highest BCUT2D eigenvalue weighted by Gasteiger charge is 2.31. The van der Waals surface area contributed by atoms with Crippen LogP contribution in [0, 0.1) is 0 Å². The number of carbonyl (C=O) groups excluding carboxylic acids is 1. The van der Waals surface area contributed by atoms with Crippen LogP contribution in [0.3, 0.4) is 0 Å². The first-order chi connectivity index (χ1) is 14.0. The zero-order chi connectivity index (χ0) is 20.5. The normalized spacial score (nSPS) is 21.5. The first-order valence-corrected chi connectivity index (χ1v) is 11.1. The van der Waals surface area contributed by atoms with E-state index >= 15 is 0 Å². The van der Waals surface area contributed by atoms with Crippen LogP contribution in [0.2, 0.25) is 0 Å². The highest BCUT2D eigenvalue weighted by Crippen LogP contribution is 2.32. The van der Waals surface area contributed by atoms with E-state index in [1.807, 2.05) is 17.9 Å². The van der Waals surface area contributed by atoms with Crippen molar-refractivity contribution < 1.29 is 4.79 Å². The average Bonchev–Trinajstić information content (AvgIpc) is 3.35. The molecule has 0 spiro atoms. The summed E-state index contributed by atoms with van der Waals surface area (Å²) in [5.41, 5.74) is 2.44. The van der Waals surface area contributed by atoms with Gasteiger partial charge in [0.1, 0.15) is 0 Å². The Bertz CT molecular complexity index is 923. The molecular formula is C22H33N5O2. The lowest BCUT2D eigenvalue weighted by Gasteiger charge is -2.34. The van der Waals surface area contributed by atoms with E-state index in [-0.39, 0.29) is 17.5 Å². The summed E-state index contributed by atoms with van der Waals surface area (Å²) in [6.07, 6.45) is 5.44. The van der Waals surface area contributed by atoms with Crippen LogP contribution in [0.25, 0.3) is 5.65 Å². The molecule has 7 heteroatoms. The van der Waals surface area contributed by atoms with Gasteiger partial charge in [0.25, 0.3) is 5.56 Å². The van der Waals surface area contributed by atoms with Crippen LogP contribution in [-0.2, 0) is 4.79 Å². The molecule has 0 radical (unpaired) electrons. The summed E-state index contributed by atoms with van der Waals surface area (Å²) in [5.74, 6) is 0.543. The SMILES string of the molecule is CCCC(=O)N1CCC[C@@H]1c1cc2nc(C3CCN(C(C)C)CC3)cc(=O)n2[nH]1.